The van der Waals surface area contributed by atoms with Crippen molar-refractivity contribution >= 4 is 10.9 Å². The lowest BCUT2D eigenvalue weighted by Crippen LogP contribution is -2.24. The summed E-state index contributed by atoms with van der Waals surface area (Å²) in [5.41, 5.74) is 9.31. The summed E-state index contributed by atoms with van der Waals surface area (Å²) in [6.45, 7) is 2.82. The second kappa shape index (κ2) is 11.2. The van der Waals surface area contributed by atoms with Gasteiger partial charge in [-0.25, -0.2) is 0 Å². The van der Waals surface area contributed by atoms with E-state index < -0.39 is 0 Å². The molecule has 3 N–H and O–H groups in total. The summed E-state index contributed by atoms with van der Waals surface area (Å²) >= 11 is 0. The van der Waals surface area contributed by atoms with Gasteiger partial charge >= 0.3 is 0 Å². The molecule has 0 bridgehead atoms. The Hall–Kier alpha value is -1.83. The zero-order valence-corrected chi connectivity index (χ0v) is 19.1. The van der Waals surface area contributed by atoms with Crippen molar-refractivity contribution in [2.45, 2.75) is 89.0 Å². The second-order valence-corrected chi connectivity index (χ2v) is 9.81. The van der Waals surface area contributed by atoms with Crippen LogP contribution >= 0.6 is 0 Å². The Morgan fingerprint density at radius 2 is 1.77 bits per heavy atom. The molecule has 2 aromatic rings. The van der Waals surface area contributed by atoms with Crippen LogP contribution in [0.5, 0.6) is 0 Å². The first-order chi connectivity index (χ1) is 15.3. The first kappa shape index (κ1) is 22.4. The lowest BCUT2D eigenvalue weighted by atomic mass is 9.75. The third kappa shape index (κ3) is 5.33. The highest BCUT2D eigenvalue weighted by Crippen LogP contribution is 2.43. The monoisotopic (exact) mass is 420 g/mol. The molecule has 168 valence electrons. The average Bonchev–Trinajstić information content (AvgIpc) is 3.21. The largest absolute Gasteiger partial charge is 0.344 e. The fraction of sp³-hybridized carbons (Fsp3) is 0.667. The van der Waals surface area contributed by atoms with Gasteiger partial charge in [-0.15, -0.1) is 0 Å². The second-order valence-electron chi connectivity index (χ2n) is 9.81. The van der Waals surface area contributed by atoms with Crippen LogP contribution in [-0.4, -0.2) is 24.2 Å². The van der Waals surface area contributed by atoms with E-state index in [1.807, 2.05) is 6.07 Å². The predicted octanol–water partition coefficient (Wildman–Crippen LogP) is 6.01. The quantitative estimate of drug-likeness (QED) is 0.488. The van der Waals surface area contributed by atoms with Crippen LogP contribution in [-0.2, 0) is 0 Å². The Labute approximate surface area is 188 Å². The molecule has 0 aliphatic heterocycles. The van der Waals surface area contributed by atoms with Crippen molar-refractivity contribution in [2.24, 2.45) is 11.7 Å². The predicted molar refractivity (Wildman–Crippen MR) is 129 cm³/mol. The van der Waals surface area contributed by atoms with E-state index in [-0.39, 0.29) is 0 Å². The summed E-state index contributed by atoms with van der Waals surface area (Å²) in [6, 6.07) is 9.39. The first-order valence-electron chi connectivity index (χ1n) is 12.8. The maximum Gasteiger partial charge on any atom is 0.0991 e. The standard InChI is InChI=1S/C27H40N4/c28-15-7-16-30-17-14-24(22-8-3-1-4-9-22)26-20-31(23-10-5-2-6-11-23)27-13-12-21(19-29)18-25(26)27/h12-13,18,20,22-24,30H,1-11,14-17,28H2. The first-order valence-corrected chi connectivity index (χ1v) is 12.8. The van der Waals surface area contributed by atoms with Crippen LogP contribution < -0.4 is 11.1 Å². The molecule has 2 aliphatic rings. The number of benzene rings is 1. The number of nitrogens with zero attached hydrogens (tertiary/aromatic N) is 2. The van der Waals surface area contributed by atoms with Crippen molar-refractivity contribution in [3.8, 4) is 6.07 Å². The van der Waals surface area contributed by atoms with Gasteiger partial charge in [-0.1, -0.05) is 38.5 Å². The highest BCUT2D eigenvalue weighted by atomic mass is 15.0. The molecule has 2 saturated carbocycles. The number of hydrogen-bond acceptors (Lipinski definition) is 3. The molecule has 1 atom stereocenters. The molecule has 4 rings (SSSR count). The van der Waals surface area contributed by atoms with E-state index in [0.29, 0.717) is 12.0 Å². The van der Waals surface area contributed by atoms with Crippen LogP contribution in [0.15, 0.2) is 24.4 Å². The number of hydrogen-bond donors (Lipinski definition) is 2. The number of rotatable bonds is 9. The lowest BCUT2D eigenvalue weighted by molar-refractivity contribution is 0.292. The summed E-state index contributed by atoms with van der Waals surface area (Å²) in [7, 11) is 0. The van der Waals surface area contributed by atoms with Crippen LogP contribution in [0.1, 0.15) is 100 Å². The molecular formula is C27H40N4. The van der Waals surface area contributed by atoms with Gasteiger partial charge in [0.1, 0.15) is 0 Å². The zero-order valence-electron chi connectivity index (χ0n) is 19.1. The number of nitriles is 1. The third-order valence-electron chi connectivity index (χ3n) is 7.77. The summed E-state index contributed by atoms with van der Waals surface area (Å²) < 4.78 is 2.59. The molecule has 0 amide bonds. The van der Waals surface area contributed by atoms with Gasteiger partial charge in [0, 0.05) is 23.1 Å². The van der Waals surface area contributed by atoms with Crippen molar-refractivity contribution < 1.29 is 0 Å². The average molecular weight is 421 g/mol. The van der Waals surface area contributed by atoms with Crippen molar-refractivity contribution in [2.75, 3.05) is 19.6 Å². The highest BCUT2D eigenvalue weighted by molar-refractivity contribution is 5.86. The number of aromatic nitrogens is 1. The maximum atomic E-state index is 9.58. The Morgan fingerprint density at radius 3 is 2.48 bits per heavy atom. The van der Waals surface area contributed by atoms with Crippen LogP contribution in [0, 0.1) is 17.2 Å². The third-order valence-corrected chi connectivity index (χ3v) is 7.77. The number of fused-ring (bicyclic) bond motifs is 1. The van der Waals surface area contributed by atoms with E-state index >= 15 is 0 Å². The van der Waals surface area contributed by atoms with Crippen molar-refractivity contribution in [1.82, 2.24) is 9.88 Å². The highest BCUT2D eigenvalue weighted by Gasteiger charge is 2.29. The van der Waals surface area contributed by atoms with Gasteiger partial charge in [0.2, 0.25) is 0 Å². The SMILES string of the molecule is N#Cc1ccc2c(c1)c(C(CCNCCCN)C1CCCCC1)cn2C1CCCCC1. The normalized spacial score (nSPS) is 19.5. The molecule has 0 spiro atoms. The van der Waals surface area contributed by atoms with Crippen molar-refractivity contribution in [3.63, 3.8) is 0 Å². The Bertz CT molecular complexity index is 865. The molecule has 2 aliphatic carbocycles. The molecule has 1 aromatic carbocycles. The van der Waals surface area contributed by atoms with Gasteiger partial charge in [0.25, 0.3) is 0 Å². The summed E-state index contributed by atoms with van der Waals surface area (Å²) in [6.07, 6.45) is 18.2. The van der Waals surface area contributed by atoms with Gasteiger partial charge < -0.3 is 15.6 Å². The minimum atomic E-state index is 0.576. The molecule has 2 fully saturated rings. The van der Waals surface area contributed by atoms with Crippen molar-refractivity contribution in [1.29, 1.82) is 5.26 Å². The van der Waals surface area contributed by atoms with Gasteiger partial charge in [-0.2, -0.15) is 5.26 Å². The van der Waals surface area contributed by atoms with Crippen LogP contribution in [0.3, 0.4) is 0 Å². The lowest BCUT2D eigenvalue weighted by Gasteiger charge is -2.31. The molecule has 1 aromatic heterocycles. The van der Waals surface area contributed by atoms with E-state index in [9.17, 15) is 5.26 Å². The van der Waals surface area contributed by atoms with E-state index in [1.54, 1.807) is 0 Å². The molecular weight excluding hydrogens is 380 g/mol. The molecule has 0 radical (unpaired) electrons. The summed E-state index contributed by atoms with van der Waals surface area (Å²) in [4.78, 5) is 0. The molecule has 1 unspecified atom stereocenters. The van der Waals surface area contributed by atoms with Gasteiger partial charge in [-0.3, -0.25) is 0 Å². The van der Waals surface area contributed by atoms with E-state index in [0.717, 1.165) is 37.5 Å². The fourth-order valence-electron chi connectivity index (χ4n) is 6.10. The molecule has 0 saturated heterocycles. The van der Waals surface area contributed by atoms with Crippen LogP contribution in [0.4, 0.5) is 0 Å². The minimum absolute atomic E-state index is 0.576. The van der Waals surface area contributed by atoms with Crippen LogP contribution in [0.25, 0.3) is 10.9 Å². The topological polar surface area (TPSA) is 66.8 Å². The number of nitrogens with one attached hydrogen (secondary N) is 1. The summed E-state index contributed by atoms with van der Waals surface area (Å²) in [5, 5.41) is 14.5. The fourth-order valence-corrected chi connectivity index (χ4v) is 6.10. The van der Waals surface area contributed by atoms with Crippen molar-refractivity contribution in [3.05, 3.63) is 35.5 Å². The van der Waals surface area contributed by atoms with E-state index in [4.69, 9.17) is 5.73 Å². The molecule has 31 heavy (non-hydrogen) atoms. The van der Waals surface area contributed by atoms with Gasteiger partial charge in [-0.05, 0) is 93.8 Å². The molecule has 1 heterocycles. The minimum Gasteiger partial charge on any atom is -0.344 e. The van der Waals surface area contributed by atoms with Gasteiger partial charge in [0.15, 0.2) is 0 Å². The van der Waals surface area contributed by atoms with E-state index in [1.165, 1.54) is 87.1 Å². The van der Waals surface area contributed by atoms with E-state index in [2.05, 4.69) is 34.3 Å². The van der Waals surface area contributed by atoms with Crippen LogP contribution in [0.2, 0.25) is 0 Å². The maximum absolute atomic E-state index is 9.58. The number of nitrogens with two attached hydrogens (primary N) is 1. The smallest absolute Gasteiger partial charge is 0.0991 e. The Balaban J connectivity index is 1.68. The zero-order chi connectivity index (χ0) is 21.5. The Kier molecular flexibility index (Phi) is 8.05. The molecule has 4 heteroatoms. The Morgan fingerprint density at radius 1 is 1.03 bits per heavy atom. The molecule has 4 nitrogen and oxygen atoms in total. The van der Waals surface area contributed by atoms with Gasteiger partial charge in [0.05, 0.1) is 11.6 Å². The summed E-state index contributed by atoms with van der Waals surface area (Å²) in [5.74, 6) is 1.34.